The van der Waals surface area contributed by atoms with Crippen LogP contribution < -0.4 is 10.1 Å². The normalized spacial score (nSPS) is 11.4. The number of hydrogen-bond donors (Lipinski definition) is 1. The van der Waals surface area contributed by atoms with E-state index in [9.17, 15) is 9.59 Å². The van der Waals surface area contributed by atoms with Crippen molar-refractivity contribution < 1.29 is 19.1 Å². The lowest BCUT2D eigenvalue weighted by Gasteiger charge is -2.18. The molecule has 9 nitrogen and oxygen atoms in total. The SMILES string of the molecule is COc1cccc(NC(=O)C(OC(=O)Cn2nnc(-c3ccccc3)n2)c2ccccc2)c1. The smallest absolute Gasteiger partial charge is 0.330 e. The molecule has 4 rings (SSSR count). The van der Waals surface area contributed by atoms with Crippen molar-refractivity contribution in [3.05, 3.63) is 90.5 Å². The fourth-order valence-electron chi connectivity index (χ4n) is 3.11. The third-order valence-corrected chi connectivity index (χ3v) is 4.68. The number of nitrogens with one attached hydrogen (secondary N) is 1. The van der Waals surface area contributed by atoms with Crippen LogP contribution in [-0.4, -0.2) is 39.2 Å². The molecule has 9 heteroatoms. The van der Waals surface area contributed by atoms with E-state index in [0.29, 0.717) is 22.8 Å². The maximum Gasteiger partial charge on any atom is 0.330 e. The number of nitrogens with zero attached hydrogens (tertiary/aromatic N) is 4. The largest absolute Gasteiger partial charge is 0.497 e. The van der Waals surface area contributed by atoms with Gasteiger partial charge in [0.15, 0.2) is 6.54 Å². The number of tetrazole rings is 1. The molecule has 0 aliphatic rings. The van der Waals surface area contributed by atoms with Gasteiger partial charge >= 0.3 is 5.97 Å². The van der Waals surface area contributed by atoms with Gasteiger partial charge in [0.2, 0.25) is 11.9 Å². The van der Waals surface area contributed by atoms with Gasteiger partial charge in [-0.25, -0.2) is 4.79 Å². The number of aromatic nitrogens is 4. The lowest BCUT2D eigenvalue weighted by Crippen LogP contribution is -2.27. The molecule has 0 saturated heterocycles. The molecule has 0 saturated carbocycles. The second-order valence-electron chi connectivity index (χ2n) is 7.01. The molecule has 1 amide bonds. The fourth-order valence-corrected chi connectivity index (χ4v) is 3.11. The molecule has 3 aromatic carbocycles. The van der Waals surface area contributed by atoms with Gasteiger partial charge in [0.1, 0.15) is 5.75 Å². The predicted octanol–water partition coefficient (Wildman–Crippen LogP) is 3.27. The van der Waals surface area contributed by atoms with E-state index in [0.717, 1.165) is 10.4 Å². The van der Waals surface area contributed by atoms with Crippen molar-refractivity contribution in [1.82, 2.24) is 20.2 Å². The van der Waals surface area contributed by atoms with Gasteiger partial charge in [-0.2, -0.15) is 4.80 Å². The molecule has 0 bridgehead atoms. The summed E-state index contributed by atoms with van der Waals surface area (Å²) in [5.74, 6) is -0.202. The molecule has 166 valence electrons. The van der Waals surface area contributed by atoms with Gasteiger partial charge in [0.25, 0.3) is 5.91 Å². The van der Waals surface area contributed by atoms with Crippen LogP contribution in [0.25, 0.3) is 11.4 Å². The summed E-state index contributed by atoms with van der Waals surface area (Å²) in [5.41, 5.74) is 1.82. The number of amides is 1. The first-order valence-electron chi connectivity index (χ1n) is 10.1. The molecule has 33 heavy (non-hydrogen) atoms. The number of carbonyl (C=O) groups is 2. The van der Waals surface area contributed by atoms with E-state index in [1.807, 2.05) is 36.4 Å². The van der Waals surface area contributed by atoms with E-state index < -0.39 is 18.0 Å². The van der Waals surface area contributed by atoms with Crippen LogP contribution in [0.5, 0.6) is 5.75 Å². The Morgan fingerprint density at radius 1 is 0.970 bits per heavy atom. The Bertz CT molecular complexity index is 1230. The average molecular weight is 443 g/mol. The Balaban J connectivity index is 1.48. The number of carbonyl (C=O) groups excluding carboxylic acids is 2. The van der Waals surface area contributed by atoms with Gasteiger partial charge in [-0.05, 0) is 17.3 Å². The van der Waals surface area contributed by atoms with Crippen molar-refractivity contribution in [2.75, 3.05) is 12.4 Å². The Morgan fingerprint density at radius 3 is 2.42 bits per heavy atom. The molecule has 0 fully saturated rings. The third kappa shape index (κ3) is 5.59. The summed E-state index contributed by atoms with van der Waals surface area (Å²) in [4.78, 5) is 26.8. The van der Waals surface area contributed by atoms with Gasteiger partial charge < -0.3 is 14.8 Å². The first kappa shape index (κ1) is 21.7. The molecule has 0 aliphatic heterocycles. The van der Waals surface area contributed by atoms with E-state index >= 15 is 0 Å². The first-order chi connectivity index (χ1) is 16.1. The van der Waals surface area contributed by atoms with Gasteiger partial charge in [-0.1, -0.05) is 66.7 Å². The zero-order chi connectivity index (χ0) is 23.0. The summed E-state index contributed by atoms with van der Waals surface area (Å²) in [5, 5.41) is 14.8. The molecule has 1 unspecified atom stereocenters. The number of methoxy groups -OCH3 is 1. The summed E-state index contributed by atoms with van der Waals surface area (Å²) >= 11 is 0. The Labute approximate surface area is 190 Å². The van der Waals surface area contributed by atoms with Crippen molar-refractivity contribution in [3.63, 3.8) is 0 Å². The monoisotopic (exact) mass is 443 g/mol. The van der Waals surface area contributed by atoms with E-state index in [4.69, 9.17) is 9.47 Å². The number of hydrogen-bond acceptors (Lipinski definition) is 7. The second kappa shape index (κ2) is 10.2. The van der Waals surface area contributed by atoms with E-state index in [2.05, 4.69) is 20.7 Å². The van der Waals surface area contributed by atoms with Gasteiger partial charge in [-0.15, -0.1) is 10.2 Å². The van der Waals surface area contributed by atoms with Gasteiger partial charge in [-0.3, -0.25) is 4.79 Å². The number of anilines is 1. The summed E-state index contributed by atoms with van der Waals surface area (Å²) in [7, 11) is 1.54. The minimum Gasteiger partial charge on any atom is -0.497 e. The summed E-state index contributed by atoms with van der Waals surface area (Å²) in [6, 6.07) is 24.9. The maximum absolute atomic E-state index is 13.0. The van der Waals surface area contributed by atoms with Crippen LogP contribution in [0, 0.1) is 0 Å². The lowest BCUT2D eigenvalue weighted by molar-refractivity contribution is -0.155. The van der Waals surface area contributed by atoms with Crippen LogP contribution in [0.4, 0.5) is 5.69 Å². The van der Waals surface area contributed by atoms with E-state index in [-0.39, 0.29) is 6.54 Å². The molecule has 1 aromatic heterocycles. The van der Waals surface area contributed by atoms with Crippen LogP contribution >= 0.6 is 0 Å². The van der Waals surface area contributed by atoms with Crippen LogP contribution in [-0.2, 0) is 20.9 Å². The third-order valence-electron chi connectivity index (χ3n) is 4.68. The molecule has 4 aromatic rings. The topological polar surface area (TPSA) is 108 Å². The first-order valence-corrected chi connectivity index (χ1v) is 10.1. The summed E-state index contributed by atoms with van der Waals surface area (Å²) in [6.45, 7) is -0.296. The lowest BCUT2D eigenvalue weighted by atomic mass is 10.1. The Kier molecular flexibility index (Phi) is 6.70. The number of rotatable bonds is 8. The van der Waals surface area contributed by atoms with Crippen LogP contribution in [0.2, 0.25) is 0 Å². The molecule has 1 heterocycles. The highest BCUT2D eigenvalue weighted by Crippen LogP contribution is 2.22. The van der Waals surface area contributed by atoms with Crippen molar-refractivity contribution in [2.24, 2.45) is 0 Å². The van der Waals surface area contributed by atoms with Crippen LogP contribution in [0.1, 0.15) is 11.7 Å². The molecular weight excluding hydrogens is 422 g/mol. The molecule has 1 N–H and O–H groups in total. The highest BCUT2D eigenvalue weighted by molar-refractivity contribution is 5.96. The Morgan fingerprint density at radius 2 is 1.70 bits per heavy atom. The van der Waals surface area contributed by atoms with Crippen molar-refractivity contribution in [2.45, 2.75) is 12.6 Å². The van der Waals surface area contributed by atoms with Gasteiger partial charge in [0.05, 0.1) is 7.11 Å². The molecular formula is C24H21N5O4. The maximum atomic E-state index is 13.0. The van der Waals surface area contributed by atoms with Crippen molar-refractivity contribution in [3.8, 4) is 17.1 Å². The zero-order valence-corrected chi connectivity index (χ0v) is 17.8. The van der Waals surface area contributed by atoms with Gasteiger partial charge in [0, 0.05) is 22.9 Å². The molecule has 1 atom stereocenters. The second-order valence-corrected chi connectivity index (χ2v) is 7.01. The van der Waals surface area contributed by atoms with Crippen LogP contribution in [0.3, 0.4) is 0 Å². The molecule has 0 radical (unpaired) electrons. The molecule has 0 aliphatic carbocycles. The molecule has 0 spiro atoms. The van der Waals surface area contributed by atoms with E-state index in [1.165, 1.54) is 7.11 Å². The predicted molar refractivity (Wildman–Crippen MR) is 120 cm³/mol. The number of esters is 1. The van der Waals surface area contributed by atoms with E-state index in [1.54, 1.807) is 48.5 Å². The fraction of sp³-hybridized carbons (Fsp3) is 0.125. The quantitative estimate of drug-likeness (QED) is 0.416. The number of ether oxygens (including phenoxy) is 2. The minimum atomic E-state index is -1.16. The van der Waals surface area contributed by atoms with Crippen molar-refractivity contribution in [1.29, 1.82) is 0 Å². The summed E-state index contributed by atoms with van der Waals surface area (Å²) < 4.78 is 10.7. The Hall–Kier alpha value is -4.53. The van der Waals surface area contributed by atoms with Crippen LogP contribution in [0.15, 0.2) is 84.9 Å². The zero-order valence-electron chi connectivity index (χ0n) is 17.8. The average Bonchev–Trinajstić information content (AvgIpc) is 3.32. The highest BCUT2D eigenvalue weighted by atomic mass is 16.5. The highest BCUT2D eigenvalue weighted by Gasteiger charge is 2.26. The number of benzene rings is 3. The minimum absolute atomic E-state index is 0.296. The standard InChI is InChI=1S/C24H21N5O4/c1-32-20-14-8-13-19(15-20)25-24(31)22(17-9-4-2-5-10-17)33-21(30)16-29-27-23(26-28-29)18-11-6-3-7-12-18/h2-15,22H,16H2,1H3,(H,25,31). The van der Waals surface area contributed by atoms with Crippen molar-refractivity contribution >= 4 is 17.6 Å². The summed E-state index contributed by atoms with van der Waals surface area (Å²) in [6.07, 6.45) is -1.16.